The minimum Gasteiger partial charge on any atom is -0.207 e. The molecule has 17 heavy (non-hydrogen) atoms. The Balaban J connectivity index is 3.29. The monoisotopic (exact) mass is 317 g/mol. The highest BCUT2D eigenvalue weighted by molar-refractivity contribution is 9.10. The number of aryl methyl sites for hydroxylation is 1. The smallest absolute Gasteiger partial charge is 0.207 e. The van der Waals surface area contributed by atoms with Crippen LogP contribution in [0.3, 0.4) is 0 Å². The summed E-state index contributed by atoms with van der Waals surface area (Å²) in [5.74, 6) is 0. The quantitative estimate of drug-likeness (QED) is 0.783. The molecule has 0 heterocycles. The van der Waals surface area contributed by atoms with Crippen LogP contribution in [-0.4, -0.2) is 25.8 Å². The van der Waals surface area contributed by atoms with Crippen molar-refractivity contribution >= 4 is 26.0 Å². The summed E-state index contributed by atoms with van der Waals surface area (Å²) in [6.07, 6.45) is 1.59. The molecular weight excluding hydrogens is 302 g/mol. The zero-order valence-electron chi connectivity index (χ0n) is 9.98. The topological polar surface area (TPSA) is 37.4 Å². The molecule has 0 amide bonds. The number of benzene rings is 1. The fraction of sp³-hybridized carbons (Fsp3) is 0.333. The lowest BCUT2D eigenvalue weighted by atomic mass is 10.2. The minimum atomic E-state index is -3.43. The van der Waals surface area contributed by atoms with E-state index in [4.69, 9.17) is 0 Å². The van der Waals surface area contributed by atoms with Gasteiger partial charge in [0.25, 0.3) is 0 Å². The lowest BCUT2D eigenvalue weighted by Crippen LogP contribution is -2.31. The number of hydrogen-bond donors (Lipinski definition) is 0. The molecule has 0 atom stereocenters. The molecule has 94 valence electrons. The van der Waals surface area contributed by atoms with E-state index in [0.29, 0.717) is 18.0 Å². The van der Waals surface area contributed by atoms with E-state index >= 15 is 0 Å². The van der Waals surface area contributed by atoms with E-state index in [-0.39, 0.29) is 0 Å². The standard InChI is InChI=1S/C12H16BrNO2S/c1-4-8-14(5-2)17(15,16)12-9-11(13)7-6-10(12)3/h4,6-7,9H,1,5,8H2,2-3H3. The van der Waals surface area contributed by atoms with Crippen molar-refractivity contribution in [3.8, 4) is 0 Å². The maximum Gasteiger partial charge on any atom is 0.243 e. The highest BCUT2D eigenvalue weighted by atomic mass is 79.9. The van der Waals surface area contributed by atoms with Gasteiger partial charge in [-0.05, 0) is 24.6 Å². The van der Waals surface area contributed by atoms with Crippen molar-refractivity contribution in [3.63, 3.8) is 0 Å². The first-order valence-electron chi connectivity index (χ1n) is 5.30. The summed E-state index contributed by atoms with van der Waals surface area (Å²) in [6.45, 7) is 7.94. The van der Waals surface area contributed by atoms with Gasteiger partial charge in [0.2, 0.25) is 10.0 Å². The molecule has 0 saturated heterocycles. The summed E-state index contributed by atoms with van der Waals surface area (Å²) in [6, 6.07) is 5.26. The Hall–Kier alpha value is -0.650. The molecular formula is C12H16BrNO2S. The predicted octanol–water partition coefficient (Wildman–Crippen LogP) is 2.95. The second-order valence-electron chi connectivity index (χ2n) is 3.65. The fourth-order valence-electron chi connectivity index (χ4n) is 1.53. The molecule has 1 aromatic carbocycles. The largest absolute Gasteiger partial charge is 0.243 e. The van der Waals surface area contributed by atoms with Crippen molar-refractivity contribution in [2.45, 2.75) is 18.7 Å². The molecule has 0 aliphatic carbocycles. The Bertz CT molecular complexity index is 511. The van der Waals surface area contributed by atoms with Gasteiger partial charge >= 0.3 is 0 Å². The predicted molar refractivity (Wildman–Crippen MR) is 73.5 cm³/mol. The van der Waals surface area contributed by atoms with E-state index in [0.717, 1.165) is 10.0 Å². The van der Waals surface area contributed by atoms with Crippen LogP contribution in [-0.2, 0) is 10.0 Å². The summed E-state index contributed by atoms with van der Waals surface area (Å²) in [4.78, 5) is 0.343. The number of nitrogens with zero attached hydrogens (tertiary/aromatic N) is 1. The molecule has 1 rings (SSSR count). The Morgan fingerprint density at radius 3 is 2.65 bits per heavy atom. The van der Waals surface area contributed by atoms with Crippen molar-refractivity contribution in [1.29, 1.82) is 0 Å². The number of halogens is 1. The second kappa shape index (κ2) is 5.80. The third kappa shape index (κ3) is 3.18. The Morgan fingerprint density at radius 1 is 1.47 bits per heavy atom. The molecule has 0 fully saturated rings. The molecule has 0 saturated carbocycles. The lowest BCUT2D eigenvalue weighted by Gasteiger charge is -2.20. The third-order valence-electron chi connectivity index (χ3n) is 2.45. The van der Waals surface area contributed by atoms with Gasteiger partial charge in [0, 0.05) is 17.6 Å². The first-order chi connectivity index (χ1) is 7.93. The Labute approximate surface area is 111 Å². The van der Waals surface area contributed by atoms with Crippen LogP contribution >= 0.6 is 15.9 Å². The molecule has 0 N–H and O–H groups in total. The van der Waals surface area contributed by atoms with Gasteiger partial charge in [-0.25, -0.2) is 8.42 Å². The van der Waals surface area contributed by atoms with E-state index in [2.05, 4.69) is 22.5 Å². The van der Waals surface area contributed by atoms with E-state index in [1.807, 2.05) is 13.0 Å². The van der Waals surface area contributed by atoms with Gasteiger partial charge in [0.1, 0.15) is 0 Å². The molecule has 0 radical (unpaired) electrons. The van der Waals surface area contributed by atoms with Crippen LogP contribution in [0.25, 0.3) is 0 Å². The lowest BCUT2D eigenvalue weighted by molar-refractivity contribution is 0.459. The van der Waals surface area contributed by atoms with Gasteiger partial charge in [-0.3, -0.25) is 0 Å². The van der Waals surface area contributed by atoms with Crippen LogP contribution in [0, 0.1) is 6.92 Å². The third-order valence-corrected chi connectivity index (χ3v) is 5.03. The minimum absolute atomic E-state index is 0.324. The molecule has 0 spiro atoms. The van der Waals surface area contributed by atoms with Gasteiger partial charge < -0.3 is 0 Å². The summed E-state index contributed by atoms with van der Waals surface area (Å²) in [5.41, 5.74) is 0.746. The Kier molecular flexibility index (Phi) is 4.91. The van der Waals surface area contributed by atoms with Crippen LogP contribution in [0.5, 0.6) is 0 Å². The van der Waals surface area contributed by atoms with Gasteiger partial charge in [-0.15, -0.1) is 6.58 Å². The zero-order chi connectivity index (χ0) is 13.1. The van der Waals surface area contributed by atoms with Crippen LogP contribution in [0.4, 0.5) is 0 Å². The molecule has 0 aliphatic heterocycles. The summed E-state index contributed by atoms with van der Waals surface area (Å²) in [7, 11) is -3.43. The average Bonchev–Trinajstić information content (AvgIpc) is 2.28. The molecule has 0 unspecified atom stereocenters. The molecule has 0 aromatic heterocycles. The first-order valence-corrected chi connectivity index (χ1v) is 7.54. The molecule has 1 aromatic rings. The highest BCUT2D eigenvalue weighted by Crippen LogP contribution is 2.23. The summed E-state index contributed by atoms with van der Waals surface area (Å²) < 4.78 is 26.9. The van der Waals surface area contributed by atoms with Gasteiger partial charge in [0.15, 0.2) is 0 Å². The van der Waals surface area contributed by atoms with Crippen molar-refractivity contribution in [3.05, 3.63) is 40.9 Å². The number of hydrogen-bond acceptors (Lipinski definition) is 2. The van der Waals surface area contributed by atoms with Crippen LogP contribution in [0.15, 0.2) is 40.2 Å². The fourth-order valence-corrected chi connectivity index (χ4v) is 3.72. The van der Waals surface area contributed by atoms with Crippen molar-refractivity contribution in [2.24, 2.45) is 0 Å². The maximum absolute atomic E-state index is 12.4. The van der Waals surface area contributed by atoms with E-state index in [1.54, 1.807) is 25.1 Å². The van der Waals surface area contributed by atoms with Gasteiger partial charge in [-0.2, -0.15) is 4.31 Å². The van der Waals surface area contributed by atoms with Crippen LogP contribution < -0.4 is 0 Å². The van der Waals surface area contributed by atoms with Crippen molar-refractivity contribution < 1.29 is 8.42 Å². The van der Waals surface area contributed by atoms with E-state index in [1.165, 1.54) is 4.31 Å². The number of sulfonamides is 1. The first kappa shape index (κ1) is 14.4. The molecule has 0 bridgehead atoms. The van der Waals surface area contributed by atoms with Crippen molar-refractivity contribution in [1.82, 2.24) is 4.31 Å². The van der Waals surface area contributed by atoms with Gasteiger partial charge in [-0.1, -0.05) is 35.0 Å². The molecule has 0 aliphatic rings. The van der Waals surface area contributed by atoms with Crippen LogP contribution in [0.1, 0.15) is 12.5 Å². The number of rotatable bonds is 5. The zero-order valence-corrected chi connectivity index (χ0v) is 12.4. The summed E-state index contributed by atoms with van der Waals surface area (Å²) >= 11 is 3.30. The number of likely N-dealkylation sites (N-methyl/N-ethyl adjacent to an activating group) is 1. The highest BCUT2D eigenvalue weighted by Gasteiger charge is 2.23. The second-order valence-corrected chi connectivity index (χ2v) is 6.48. The van der Waals surface area contributed by atoms with E-state index in [9.17, 15) is 8.42 Å². The summed E-state index contributed by atoms with van der Waals surface area (Å²) in [5, 5.41) is 0. The normalized spacial score (nSPS) is 11.8. The molecule has 5 heteroatoms. The SMILES string of the molecule is C=CCN(CC)S(=O)(=O)c1cc(Br)ccc1C. The van der Waals surface area contributed by atoms with Gasteiger partial charge in [0.05, 0.1) is 4.90 Å². The molecule has 3 nitrogen and oxygen atoms in total. The maximum atomic E-state index is 12.4. The van der Waals surface area contributed by atoms with E-state index < -0.39 is 10.0 Å². The van der Waals surface area contributed by atoms with Crippen LogP contribution in [0.2, 0.25) is 0 Å². The van der Waals surface area contributed by atoms with Crippen molar-refractivity contribution in [2.75, 3.05) is 13.1 Å². The Morgan fingerprint density at radius 2 is 2.12 bits per heavy atom. The average molecular weight is 318 g/mol.